The van der Waals surface area contributed by atoms with Crippen molar-refractivity contribution >= 4 is 11.7 Å². The highest BCUT2D eigenvalue weighted by Gasteiger charge is 2.47. The van der Waals surface area contributed by atoms with Crippen molar-refractivity contribution in [2.24, 2.45) is 5.92 Å². The van der Waals surface area contributed by atoms with Crippen molar-refractivity contribution in [3.05, 3.63) is 35.5 Å². The van der Waals surface area contributed by atoms with Crippen LogP contribution in [0.15, 0.2) is 24.3 Å². The Kier molecular flexibility index (Phi) is 4.79. The van der Waals surface area contributed by atoms with Gasteiger partial charge < -0.3 is 20.1 Å². The molecule has 0 spiro atoms. The van der Waals surface area contributed by atoms with E-state index in [4.69, 9.17) is 9.47 Å². The Morgan fingerprint density at radius 2 is 2.07 bits per heavy atom. The molecule has 29 heavy (non-hydrogen) atoms. The molecule has 7 nitrogen and oxygen atoms in total. The van der Waals surface area contributed by atoms with Gasteiger partial charge in [0, 0.05) is 19.0 Å². The molecule has 0 bridgehead atoms. The number of nitrogens with zero attached hydrogens (tertiary/aromatic N) is 2. The minimum absolute atomic E-state index is 0.0475. The van der Waals surface area contributed by atoms with Crippen molar-refractivity contribution in [2.75, 3.05) is 18.7 Å². The Hall–Kier alpha value is -2.91. The second kappa shape index (κ2) is 7.16. The maximum absolute atomic E-state index is 13.8. The van der Waals surface area contributed by atoms with Gasteiger partial charge in [0.25, 0.3) is 5.91 Å². The maximum Gasteiger partial charge on any atom is 0.410 e. The number of carbonyl (C=O) groups excluding carboxylic acids is 1. The van der Waals surface area contributed by atoms with Gasteiger partial charge in [-0.05, 0) is 23.6 Å². The summed E-state index contributed by atoms with van der Waals surface area (Å²) in [6.45, 7) is 4.35. The van der Waals surface area contributed by atoms with Gasteiger partial charge in [-0.15, -0.1) is 0 Å². The first-order valence-electron chi connectivity index (χ1n) is 9.33. The van der Waals surface area contributed by atoms with Crippen LogP contribution in [0.2, 0.25) is 0 Å². The number of hydrogen-bond acceptors (Lipinski definition) is 5. The molecule has 10 heteroatoms. The molecule has 3 heterocycles. The van der Waals surface area contributed by atoms with Crippen LogP contribution in [0.3, 0.4) is 0 Å². The first-order chi connectivity index (χ1) is 13.7. The number of anilines is 1. The molecule has 2 aliphatic rings. The predicted octanol–water partition coefficient (Wildman–Crippen LogP) is 3.66. The van der Waals surface area contributed by atoms with Crippen LogP contribution in [0.4, 0.5) is 19.0 Å². The summed E-state index contributed by atoms with van der Waals surface area (Å²) in [6, 6.07) is 3.95. The van der Waals surface area contributed by atoms with Crippen LogP contribution in [0.1, 0.15) is 48.4 Å². The monoisotopic (exact) mass is 410 g/mol. The zero-order chi connectivity index (χ0) is 20.8. The Morgan fingerprint density at radius 1 is 1.31 bits per heavy atom. The summed E-state index contributed by atoms with van der Waals surface area (Å²) in [4.78, 5) is 12.3. The second-order valence-corrected chi connectivity index (χ2v) is 7.57. The number of rotatable bonds is 4. The highest BCUT2D eigenvalue weighted by molar-refractivity contribution is 5.93. The Labute approximate surface area is 165 Å². The van der Waals surface area contributed by atoms with Crippen LogP contribution >= 0.6 is 0 Å². The molecular weight excluding hydrogens is 389 g/mol. The van der Waals surface area contributed by atoms with E-state index < -0.39 is 24.2 Å². The van der Waals surface area contributed by atoms with Crippen LogP contribution in [0.5, 0.6) is 11.5 Å². The fourth-order valence-corrected chi connectivity index (χ4v) is 3.42. The Morgan fingerprint density at radius 3 is 2.79 bits per heavy atom. The maximum atomic E-state index is 13.8. The van der Waals surface area contributed by atoms with E-state index in [1.54, 1.807) is 18.2 Å². The molecule has 1 aromatic heterocycles. The number of carbonyl (C=O) groups is 1. The molecule has 0 saturated heterocycles. The third kappa shape index (κ3) is 3.83. The lowest BCUT2D eigenvalue weighted by molar-refractivity contribution is -0.173. The molecule has 0 radical (unpaired) electrons. The topological polar surface area (TPSA) is 77.4 Å². The molecule has 1 aromatic carbocycles. The zero-order valence-electron chi connectivity index (χ0n) is 15.9. The minimum Gasteiger partial charge on any atom is -0.454 e. The smallest absolute Gasteiger partial charge is 0.410 e. The fraction of sp³-hybridized carbons (Fsp3) is 0.474. The van der Waals surface area contributed by atoms with Crippen molar-refractivity contribution in [2.45, 2.75) is 38.5 Å². The third-order valence-corrected chi connectivity index (χ3v) is 4.89. The van der Waals surface area contributed by atoms with Gasteiger partial charge in [-0.25, -0.2) is 4.68 Å². The van der Waals surface area contributed by atoms with E-state index in [-0.39, 0.29) is 30.6 Å². The molecule has 0 saturated carbocycles. The summed E-state index contributed by atoms with van der Waals surface area (Å²) < 4.78 is 52.7. The molecule has 2 N–H and O–H groups in total. The lowest BCUT2D eigenvalue weighted by Crippen LogP contribution is -2.36. The molecule has 0 unspecified atom stereocenters. The summed E-state index contributed by atoms with van der Waals surface area (Å²) in [6.07, 6.45) is -4.77. The van der Waals surface area contributed by atoms with Gasteiger partial charge in [-0.3, -0.25) is 4.79 Å². The zero-order valence-corrected chi connectivity index (χ0v) is 15.9. The quantitative estimate of drug-likeness (QED) is 0.805. The number of hydrogen-bond donors (Lipinski definition) is 2. The molecular formula is C19H21F3N4O3. The molecule has 2 aromatic rings. The van der Waals surface area contributed by atoms with E-state index in [9.17, 15) is 18.0 Å². The first-order valence-corrected chi connectivity index (χ1v) is 9.33. The van der Waals surface area contributed by atoms with Gasteiger partial charge in [0.05, 0.1) is 6.04 Å². The summed E-state index contributed by atoms with van der Waals surface area (Å²) in [7, 11) is 0. The summed E-state index contributed by atoms with van der Waals surface area (Å²) in [5.41, 5.74) is 0.593. The number of aromatic nitrogens is 2. The van der Waals surface area contributed by atoms with Crippen molar-refractivity contribution in [1.82, 2.24) is 15.1 Å². The summed E-state index contributed by atoms with van der Waals surface area (Å²) in [5, 5.41) is 9.69. The van der Waals surface area contributed by atoms with Gasteiger partial charge in [0.1, 0.15) is 5.82 Å². The van der Waals surface area contributed by atoms with Gasteiger partial charge in [0.15, 0.2) is 23.2 Å². The number of alkyl halides is 3. The molecule has 156 valence electrons. The van der Waals surface area contributed by atoms with E-state index in [0.717, 1.165) is 4.68 Å². The van der Waals surface area contributed by atoms with Crippen molar-refractivity contribution < 1.29 is 27.4 Å². The molecule has 1 amide bonds. The van der Waals surface area contributed by atoms with Crippen LogP contribution in [-0.2, 0) is 0 Å². The van der Waals surface area contributed by atoms with Crippen molar-refractivity contribution in [1.29, 1.82) is 0 Å². The van der Waals surface area contributed by atoms with Crippen LogP contribution < -0.4 is 20.1 Å². The lowest BCUT2D eigenvalue weighted by Gasteiger charge is -2.33. The highest BCUT2D eigenvalue weighted by Crippen LogP contribution is 2.45. The predicted molar refractivity (Wildman–Crippen MR) is 98.0 cm³/mol. The molecule has 2 aliphatic heterocycles. The van der Waals surface area contributed by atoms with Gasteiger partial charge in [0.2, 0.25) is 6.79 Å². The SMILES string of the molecule is CC(C)CNC(=O)c1cc2n(n1)[C@H](C(F)(F)F)C[C@H](c1ccc3c(c1)OCO3)N2. The van der Waals surface area contributed by atoms with E-state index >= 15 is 0 Å². The van der Waals surface area contributed by atoms with Crippen molar-refractivity contribution in [3.8, 4) is 11.5 Å². The van der Waals surface area contributed by atoms with Crippen molar-refractivity contribution in [3.63, 3.8) is 0 Å². The number of amides is 1. The molecule has 0 fully saturated rings. The van der Waals surface area contributed by atoms with E-state index in [1.807, 2.05) is 13.8 Å². The number of fused-ring (bicyclic) bond motifs is 2. The normalized spacial score (nSPS) is 20.3. The van der Waals surface area contributed by atoms with E-state index in [0.29, 0.717) is 23.6 Å². The minimum atomic E-state index is -4.51. The average molecular weight is 410 g/mol. The number of ether oxygens (including phenoxy) is 2. The molecule has 0 aliphatic carbocycles. The standard InChI is InChI=1S/C19H21F3N4O3/c1-10(2)8-23-18(27)13-7-17-24-12(6-16(19(20,21)22)26(17)25-13)11-3-4-14-15(5-11)29-9-28-14/h3-5,7,10,12,16,24H,6,8-9H2,1-2H3,(H,23,27)/t12-,16+/m1/s1. The van der Waals surface area contributed by atoms with Crippen LogP contribution in [0, 0.1) is 5.92 Å². The van der Waals surface area contributed by atoms with Gasteiger partial charge in [-0.1, -0.05) is 19.9 Å². The van der Waals surface area contributed by atoms with E-state index in [1.165, 1.54) is 6.07 Å². The fourth-order valence-electron chi connectivity index (χ4n) is 3.42. The largest absolute Gasteiger partial charge is 0.454 e. The first kappa shape index (κ1) is 19.4. The Balaban J connectivity index is 1.63. The second-order valence-electron chi connectivity index (χ2n) is 7.57. The average Bonchev–Trinajstić information content (AvgIpc) is 3.30. The summed E-state index contributed by atoms with van der Waals surface area (Å²) >= 11 is 0. The number of benzene rings is 1. The van der Waals surface area contributed by atoms with E-state index in [2.05, 4.69) is 15.7 Å². The number of nitrogens with one attached hydrogen (secondary N) is 2. The number of halogens is 3. The van der Waals surface area contributed by atoms with Gasteiger partial charge in [-0.2, -0.15) is 18.3 Å². The van der Waals surface area contributed by atoms with Crippen LogP contribution in [-0.4, -0.2) is 35.2 Å². The van der Waals surface area contributed by atoms with Crippen LogP contribution in [0.25, 0.3) is 0 Å². The molecule has 4 rings (SSSR count). The Bertz CT molecular complexity index is 926. The third-order valence-electron chi connectivity index (χ3n) is 4.89. The summed E-state index contributed by atoms with van der Waals surface area (Å²) in [5.74, 6) is 0.929. The highest BCUT2D eigenvalue weighted by atomic mass is 19.4. The lowest BCUT2D eigenvalue weighted by atomic mass is 9.96. The molecule has 2 atom stereocenters. The van der Waals surface area contributed by atoms with Gasteiger partial charge >= 0.3 is 6.18 Å².